The van der Waals surface area contributed by atoms with Gasteiger partial charge in [-0.05, 0) is 64.4 Å². The molecular weight excluding hydrogens is 378 g/mol. The van der Waals surface area contributed by atoms with E-state index in [-0.39, 0.29) is 10.8 Å². The van der Waals surface area contributed by atoms with Crippen LogP contribution in [0.15, 0.2) is 54.6 Å². The Balaban J connectivity index is 2.18. The van der Waals surface area contributed by atoms with E-state index in [1.165, 1.54) is 21.9 Å². The van der Waals surface area contributed by atoms with E-state index >= 15 is 0 Å². The summed E-state index contributed by atoms with van der Waals surface area (Å²) < 4.78 is 2.13. The van der Waals surface area contributed by atoms with Crippen molar-refractivity contribution in [2.24, 2.45) is 0 Å². The van der Waals surface area contributed by atoms with Crippen LogP contribution in [0.2, 0.25) is 0 Å². The zero-order chi connectivity index (χ0) is 22.6. The third kappa shape index (κ3) is 3.47. The van der Waals surface area contributed by atoms with Crippen molar-refractivity contribution in [2.75, 3.05) is 0 Å². The van der Waals surface area contributed by atoms with Gasteiger partial charge < -0.3 is 4.57 Å². The molecule has 4 rings (SSSR count). The summed E-state index contributed by atoms with van der Waals surface area (Å²) >= 11 is 0. The lowest BCUT2D eigenvalue weighted by molar-refractivity contribution is 0.590. The Bertz CT molecular complexity index is 1340. The zero-order valence-corrected chi connectivity index (χ0v) is 19.0. The van der Waals surface area contributed by atoms with Gasteiger partial charge in [0.25, 0.3) is 0 Å². The van der Waals surface area contributed by atoms with Gasteiger partial charge in [0.05, 0.1) is 33.9 Å². The third-order valence-corrected chi connectivity index (χ3v) is 5.99. The first-order valence-electron chi connectivity index (χ1n) is 10.6. The fourth-order valence-corrected chi connectivity index (χ4v) is 4.10. The van der Waals surface area contributed by atoms with Crippen LogP contribution >= 0.6 is 0 Å². The number of nitrogens with zero attached hydrogens (tertiary/aromatic N) is 3. The molecule has 0 saturated carbocycles. The van der Waals surface area contributed by atoms with Crippen molar-refractivity contribution in [1.29, 1.82) is 10.5 Å². The molecule has 31 heavy (non-hydrogen) atoms. The van der Waals surface area contributed by atoms with Gasteiger partial charge in [0, 0.05) is 10.8 Å². The van der Waals surface area contributed by atoms with Crippen molar-refractivity contribution >= 4 is 21.8 Å². The Morgan fingerprint density at radius 1 is 0.645 bits per heavy atom. The molecule has 3 aromatic carbocycles. The van der Waals surface area contributed by atoms with Gasteiger partial charge in [0.1, 0.15) is 6.07 Å². The van der Waals surface area contributed by atoms with E-state index in [0.29, 0.717) is 11.1 Å². The van der Waals surface area contributed by atoms with E-state index in [9.17, 15) is 10.5 Å². The van der Waals surface area contributed by atoms with Crippen LogP contribution in [0.3, 0.4) is 0 Å². The first-order chi connectivity index (χ1) is 14.5. The highest BCUT2D eigenvalue weighted by molar-refractivity contribution is 6.10. The van der Waals surface area contributed by atoms with Crippen molar-refractivity contribution in [3.8, 4) is 17.8 Å². The molecule has 1 aromatic heterocycles. The number of aromatic nitrogens is 1. The first-order valence-corrected chi connectivity index (χ1v) is 10.6. The SMILES string of the molecule is CC(C)(C)c1ccc2c(c1)c1cc(C(C)(C)C)ccc1n2-c1cc(C#N)ccc1C#N. The molecule has 0 aliphatic rings. The minimum absolute atomic E-state index is 0.0305. The first kappa shape index (κ1) is 20.7. The Labute approximate surface area is 184 Å². The minimum Gasteiger partial charge on any atom is -0.308 e. The summed E-state index contributed by atoms with van der Waals surface area (Å²) in [6.45, 7) is 13.3. The lowest BCUT2D eigenvalue weighted by Gasteiger charge is -2.19. The zero-order valence-electron chi connectivity index (χ0n) is 19.0. The topological polar surface area (TPSA) is 52.5 Å². The molecule has 3 heteroatoms. The lowest BCUT2D eigenvalue weighted by atomic mass is 9.85. The second-order valence-corrected chi connectivity index (χ2v) is 10.3. The molecule has 0 bridgehead atoms. The fourth-order valence-electron chi connectivity index (χ4n) is 4.10. The Morgan fingerprint density at radius 2 is 1.16 bits per heavy atom. The lowest BCUT2D eigenvalue weighted by Crippen LogP contribution is -2.10. The largest absolute Gasteiger partial charge is 0.308 e. The highest BCUT2D eigenvalue weighted by Gasteiger charge is 2.21. The van der Waals surface area contributed by atoms with Crippen LogP contribution in [0.5, 0.6) is 0 Å². The van der Waals surface area contributed by atoms with Gasteiger partial charge in [-0.2, -0.15) is 10.5 Å². The molecule has 0 spiro atoms. The van der Waals surface area contributed by atoms with Gasteiger partial charge in [0.2, 0.25) is 0 Å². The van der Waals surface area contributed by atoms with E-state index in [1.807, 2.05) is 6.07 Å². The predicted molar refractivity (Wildman–Crippen MR) is 128 cm³/mol. The smallest absolute Gasteiger partial charge is 0.101 e. The Hall–Kier alpha value is -3.56. The van der Waals surface area contributed by atoms with E-state index in [4.69, 9.17) is 0 Å². The van der Waals surface area contributed by atoms with Crippen molar-refractivity contribution in [2.45, 2.75) is 52.4 Å². The molecule has 0 unspecified atom stereocenters. The monoisotopic (exact) mass is 405 g/mol. The maximum atomic E-state index is 9.78. The standard InChI is InChI=1S/C28H27N3/c1-27(2,3)20-9-11-24-22(14-20)23-15-21(28(4,5)6)10-12-25(23)31(24)26-13-18(16-29)7-8-19(26)17-30/h7-15H,1-6H3. The number of fused-ring (bicyclic) bond motifs is 3. The van der Waals surface area contributed by atoms with E-state index in [2.05, 4.69) is 94.6 Å². The molecule has 1 heterocycles. The highest BCUT2D eigenvalue weighted by atomic mass is 15.0. The van der Waals surface area contributed by atoms with Crippen LogP contribution < -0.4 is 0 Å². The molecule has 3 nitrogen and oxygen atoms in total. The van der Waals surface area contributed by atoms with E-state index < -0.39 is 0 Å². The molecule has 0 amide bonds. The average Bonchev–Trinajstić information content (AvgIpc) is 3.05. The van der Waals surface area contributed by atoms with Crippen LogP contribution in [0.1, 0.15) is 63.8 Å². The molecular formula is C28H27N3. The molecule has 154 valence electrons. The quantitative estimate of drug-likeness (QED) is 0.338. The minimum atomic E-state index is 0.0305. The van der Waals surface area contributed by atoms with Crippen molar-refractivity contribution in [3.63, 3.8) is 0 Å². The summed E-state index contributed by atoms with van der Waals surface area (Å²) in [5.41, 5.74) is 6.53. The molecule has 0 aliphatic carbocycles. The van der Waals surface area contributed by atoms with Gasteiger partial charge in [-0.1, -0.05) is 53.7 Å². The summed E-state index contributed by atoms with van der Waals surface area (Å²) in [4.78, 5) is 0. The van der Waals surface area contributed by atoms with Crippen molar-refractivity contribution < 1.29 is 0 Å². The van der Waals surface area contributed by atoms with Gasteiger partial charge in [-0.25, -0.2) is 0 Å². The van der Waals surface area contributed by atoms with Crippen molar-refractivity contribution in [1.82, 2.24) is 4.57 Å². The highest BCUT2D eigenvalue weighted by Crippen LogP contribution is 2.38. The summed E-state index contributed by atoms with van der Waals surface area (Å²) in [7, 11) is 0. The Kier molecular flexibility index (Phi) is 4.68. The third-order valence-electron chi connectivity index (χ3n) is 5.99. The van der Waals surface area contributed by atoms with Gasteiger partial charge in [-0.15, -0.1) is 0 Å². The summed E-state index contributed by atoms with van der Waals surface area (Å²) in [5.74, 6) is 0. The van der Waals surface area contributed by atoms with E-state index in [1.54, 1.807) is 12.1 Å². The fraction of sp³-hybridized carbons (Fsp3) is 0.286. The van der Waals surface area contributed by atoms with Crippen LogP contribution in [-0.2, 0) is 10.8 Å². The van der Waals surface area contributed by atoms with Crippen LogP contribution in [-0.4, -0.2) is 4.57 Å². The number of hydrogen-bond donors (Lipinski definition) is 0. The molecule has 0 saturated heterocycles. The maximum absolute atomic E-state index is 9.78. The number of hydrogen-bond acceptors (Lipinski definition) is 2. The number of rotatable bonds is 1. The summed E-state index contributed by atoms with van der Waals surface area (Å²) in [6, 6.07) is 23.0. The number of nitriles is 2. The van der Waals surface area contributed by atoms with E-state index in [0.717, 1.165) is 16.7 Å². The van der Waals surface area contributed by atoms with Gasteiger partial charge >= 0.3 is 0 Å². The molecule has 0 atom stereocenters. The van der Waals surface area contributed by atoms with Crippen LogP contribution in [0.4, 0.5) is 0 Å². The molecule has 0 fully saturated rings. The molecule has 0 N–H and O–H groups in total. The maximum Gasteiger partial charge on any atom is 0.101 e. The van der Waals surface area contributed by atoms with Gasteiger partial charge in [0.15, 0.2) is 0 Å². The summed E-state index contributed by atoms with van der Waals surface area (Å²) in [5, 5.41) is 21.6. The molecule has 4 aromatic rings. The second-order valence-electron chi connectivity index (χ2n) is 10.3. The van der Waals surface area contributed by atoms with Crippen molar-refractivity contribution in [3.05, 3.63) is 76.9 Å². The van der Waals surface area contributed by atoms with Crippen LogP contribution in [0.25, 0.3) is 27.5 Å². The van der Waals surface area contributed by atoms with Gasteiger partial charge in [-0.3, -0.25) is 0 Å². The molecule has 0 radical (unpaired) electrons. The predicted octanol–water partition coefficient (Wildman–Crippen LogP) is 7.12. The second kappa shape index (κ2) is 7.00. The Morgan fingerprint density at radius 3 is 1.58 bits per heavy atom. The molecule has 0 aliphatic heterocycles. The summed E-state index contributed by atoms with van der Waals surface area (Å²) in [6.07, 6.45) is 0. The normalized spacial score (nSPS) is 12.1. The number of benzene rings is 3. The average molecular weight is 406 g/mol. The van der Waals surface area contributed by atoms with Crippen LogP contribution in [0, 0.1) is 22.7 Å².